The Labute approximate surface area is 138 Å². The van der Waals surface area contributed by atoms with Gasteiger partial charge in [0.25, 0.3) is 11.8 Å². The molecular formula is C18H16N2O4. The van der Waals surface area contributed by atoms with Gasteiger partial charge < -0.3 is 14.7 Å². The van der Waals surface area contributed by atoms with Crippen LogP contribution in [0.25, 0.3) is 0 Å². The topological polar surface area (TPSA) is 70.1 Å². The standard InChI is InChI=1S/C18H16N2O4/c21-14-7-6-13(19-8-10-24-11-9-19)15-16(14)18(23)20(17(15)22)12-4-2-1-3-5-12/h1-7,21H,8-11H2. The normalized spacial score (nSPS) is 17.3. The lowest BCUT2D eigenvalue weighted by Crippen LogP contribution is -2.37. The maximum atomic E-state index is 13.0. The zero-order chi connectivity index (χ0) is 16.7. The van der Waals surface area contributed by atoms with Gasteiger partial charge in [-0.1, -0.05) is 18.2 Å². The molecule has 6 nitrogen and oxygen atoms in total. The van der Waals surface area contributed by atoms with Crippen LogP contribution in [0.1, 0.15) is 20.7 Å². The van der Waals surface area contributed by atoms with Crippen molar-refractivity contribution in [1.29, 1.82) is 0 Å². The maximum absolute atomic E-state index is 13.0. The molecule has 4 rings (SSSR count). The molecule has 0 spiro atoms. The average Bonchev–Trinajstić information content (AvgIpc) is 2.89. The van der Waals surface area contributed by atoms with Gasteiger partial charge in [0.05, 0.1) is 35.7 Å². The van der Waals surface area contributed by atoms with E-state index < -0.39 is 11.8 Å². The first-order chi connectivity index (χ1) is 11.7. The molecule has 2 heterocycles. The van der Waals surface area contributed by atoms with E-state index in [1.807, 2.05) is 11.0 Å². The fourth-order valence-corrected chi connectivity index (χ4v) is 3.21. The Morgan fingerprint density at radius 2 is 1.54 bits per heavy atom. The highest BCUT2D eigenvalue weighted by atomic mass is 16.5. The number of phenolic OH excluding ortho intramolecular Hbond substituents is 1. The van der Waals surface area contributed by atoms with Crippen LogP contribution in [0.4, 0.5) is 11.4 Å². The molecule has 2 aromatic rings. The Kier molecular flexibility index (Phi) is 3.46. The Bertz CT molecular complexity index is 813. The number of ether oxygens (including phenoxy) is 1. The molecule has 2 aromatic carbocycles. The first-order valence-corrected chi connectivity index (χ1v) is 7.81. The minimum absolute atomic E-state index is 0.0767. The van der Waals surface area contributed by atoms with Crippen molar-refractivity contribution >= 4 is 23.2 Å². The number of fused-ring (bicyclic) bond motifs is 1. The summed E-state index contributed by atoms with van der Waals surface area (Å²) in [5.41, 5.74) is 1.51. The lowest BCUT2D eigenvalue weighted by atomic mass is 10.0. The second-order valence-electron chi connectivity index (χ2n) is 5.73. The van der Waals surface area contributed by atoms with Crippen molar-refractivity contribution < 1.29 is 19.4 Å². The van der Waals surface area contributed by atoms with Crippen LogP contribution >= 0.6 is 0 Å². The molecule has 1 fully saturated rings. The van der Waals surface area contributed by atoms with Crippen molar-refractivity contribution in [2.24, 2.45) is 0 Å². The summed E-state index contributed by atoms with van der Waals surface area (Å²) in [6.07, 6.45) is 0. The number of rotatable bonds is 2. The van der Waals surface area contributed by atoms with E-state index in [9.17, 15) is 14.7 Å². The summed E-state index contributed by atoms with van der Waals surface area (Å²) < 4.78 is 5.35. The van der Waals surface area contributed by atoms with Crippen LogP contribution in [0.15, 0.2) is 42.5 Å². The number of aromatic hydroxyl groups is 1. The molecule has 24 heavy (non-hydrogen) atoms. The quantitative estimate of drug-likeness (QED) is 0.856. The highest BCUT2D eigenvalue weighted by molar-refractivity contribution is 6.36. The van der Waals surface area contributed by atoms with Crippen LogP contribution in [-0.4, -0.2) is 43.2 Å². The Balaban J connectivity index is 1.83. The van der Waals surface area contributed by atoms with E-state index in [0.717, 1.165) is 4.90 Å². The molecule has 2 amide bonds. The largest absolute Gasteiger partial charge is 0.507 e. The maximum Gasteiger partial charge on any atom is 0.269 e. The highest BCUT2D eigenvalue weighted by Crippen LogP contribution is 2.39. The first-order valence-electron chi connectivity index (χ1n) is 7.81. The Morgan fingerprint density at radius 3 is 2.25 bits per heavy atom. The number of amides is 2. The Hall–Kier alpha value is -2.86. The van der Waals surface area contributed by atoms with Gasteiger partial charge in [-0.25, -0.2) is 4.90 Å². The minimum atomic E-state index is -0.492. The van der Waals surface area contributed by atoms with Gasteiger partial charge in [0.2, 0.25) is 0 Å². The number of hydrogen-bond donors (Lipinski definition) is 1. The third-order valence-electron chi connectivity index (χ3n) is 4.36. The van der Waals surface area contributed by atoms with Crippen LogP contribution in [0.5, 0.6) is 5.75 Å². The number of hydrogen-bond acceptors (Lipinski definition) is 5. The molecule has 122 valence electrons. The van der Waals surface area contributed by atoms with Crippen molar-refractivity contribution in [3.63, 3.8) is 0 Å². The van der Waals surface area contributed by atoms with E-state index >= 15 is 0 Å². The summed E-state index contributed by atoms with van der Waals surface area (Å²) >= 11 is 0. The number of morpholine rings is 1. The van der Waals surface area contributed by atoms with E-state index in [1.165, 1.54) is 6.07 Å². The number of anilines is 2. The molecule has 0 bridgehead atoms. The summed E-state index contributed by atoms with van der Waals surface area (Å²) in [6, 6.07) is 11.9. The lowest BCUT2D eigenvalue weighted by Gasteiger charge is -2.30. The fraction of sp³-hybridized carbons (Fsp3) is 0.222. The van der Waals surface area contributed by atoms with E-state index in [4.69, 9.17) is 4.74 Å². The van der Waals surface area contributed by atoms with Crippen molar-refractivity contribution in [2.45, 2.75) is 0 Å². The second kappa shape index (κ2) is 5.65. The van der Waals surface area contributed by atoms with Gasteiger partial charge in [0, 0.05) is 13.1 Å². The van der Waals surface area contributed by atoms with Crippen molar-refractivity contribution in [3.05, 3.63) is 53.6 Å². The van der Waals surface area contributed by atoms with Gasteiger partial charge >= 0.3 is 0 Å². The number of carbonyl (C=O) groups excluding carboxylic acids is 2. The Morgan fingerprint density at radius 1 is 0.875 bits per heavy atom. The molecule has 0 unspecified atom stereocenters. The number of carbonyl (C=O) groups is 2. The van der Waals surface area contributed by atoms with E-state index in [1.54, 1.807) is 30.3 Å². The summed E-state index contributed by atoms with van der Waals surface area (Å²) in [5, 5.41) is 10.2. The molecule has 0 aromatic heterocycles. The van der Waals surface area contributed by atoms with Crippen molar-refractivity contribution in [3.8, 4) is 5.75 Å². The van der Waals surface area contributed by atoms with E-state index in [0.29, 0.717) is 37.7 Å². The molecule has 0 radical (unpaired) electrons. The second-order valence-corrected chi connectivity index (χ2v) is 5.73. The van der Waals surface area contributed by atoms with Crippen LogP contribution < -0.4 is 9.80 Å². The number of nitrogens with zero attached hydrogens (tertiary/aromatic N) is 2. The van der Waals surface area contributed by atoms with E-state index in [-0.39, 0.29) is 16.9 Å². The SMILES string of the molecule is O=C1c2c(O)ccc(N3CCOCC3)c2C(=O)N1c1ccccc1. The fourth-order valence-electron chi connectivity index (χ4n) is 3.21. The van der Waals surface area contributed by atoms with Crippen molar-refractivity contribution in [1.82, 2.24) is 0 Å². The number of benzene rings is 2. The zero-order valence-electron chi connectivity index (χ0n) is 12.9. The van der Waals surface area contributed by atoms with Crippen LogP contribution in [-0.2, 0) is 4.74 Å². The van der Waals surface area contributed by atoms with E-state index in [2.05, 4.69) is 0 Å². The summed E-state index contributed by atoms with van der Waals surface area (Å²) in [7, 11) is 0. The van der Waals surface area contributed by atoms with Gasteiger partial charge in [0.1, 0.15) is 5.75 Å². The van der Waals surface area contributed by atoms with Gasteiger partial charge in [-0.3, -0.25) is 9.59 Å². The highest BCUT2D eigenvalue weighted by Gasteiger charge is 2.41. The van der Waals surface area contributed by atoms with Crippen molar-refractivity contribution in [2.75, 3.05) is 36.1 Å². The zero-order valence-corrected chi connectivity index (χ0v) is 12.9. The number of phenols is 1. The van der Waals surface area contributed by atoms with Crippen LogP contribution in [0, 0.1) is 0 Å². The molecule has 1 N–H and O–H groups in total. The molecule has 1 saturated heterocycles. The third kappa shape index (κ3) is 2.15. The van der Waals surface area contributed by atoms with Gasteiger partial charge in [-0.05, 0) is 24.3 Å². The van der Waals surface area contributed by atoms with Gasteiger partial charge in [-0.15, -0.1) is 0 Å². The predicted octanol–water partition coefficient (Wildman–Crippen LogP) is 2.03. The molecule has 0 saturated carbocycles. The predicted molar refractivity (Wildman–Crippen MR) is 88.7 cm³/mol. The molecule has 2 aliphatic rings. The monoisotopic (exact) mass is 324 g/mol. The minimum Gasteiger partial charge on any atom is -0.507 e. The summed E-state index contributed by atoms with van der Waals surface area (Å²) in [4.78, 5) is 28.9. The molecule has 2 aliphatic heterocycles. The molecule has 0 aliphatic carbocycles. The van der Waals surface area contributed by atoms with Gasteiger partial charge in [0.15, 0.2) is 0 Å². The number of para-hydroxylation sites is 1. The first kappa shape index (κ1) is 14.7. The molecular weight excluding hydrogens is 308 g/mol. The summed E-state index contributed by atoms with van der Waals surface area (Å²) in [5.74, 6) is -1.06. The third-order valence-corrected chi connectivity index (χ3v) is 4.36. The average molecular weight is 324 g/mol. The van der Waals surface area contributed by atoms with Gasteiger partial charge in [-0.2, -0.15) is 0 Å². The smallest absolute Gasteiger partial charge is 0.269 e. The van der Waals surface area contributed by atoms with Crippen LogP contribution in [0.3, 0.4) is 0 Å². The molecule has 0 atom stereocenters. The summed E-state index contributed by atoms with van der Waals surface area (Å²) in [6.45, 7) is 2.43. The number of imide groups is 1. The lowest BCUT2D eigenvalue weighted by molar-refractivity contribution is 0.0925. The molecule has 6 heteroatoms. The van der Waals surface area contributed by atoms with Crippen LogP contribution in [0.2, 0.25) is 0 Å².